The molecule has 0 atom stereocenters. The highest BCUT2D eigenvalue weighted by Crippen LogP contribution is 2.36. The number of nitroso groups, excluding NO2 is 1. The van der Waals surface area contributed by atoms with Crippen molar-refractivity contribution in [1.82, 2.24) is 4.98 Å². The van der Waals surface area contributed by atoms with Crippen LogP contribution in [0.1, 0.15) is 10.4 Å². The van der Waals surface area contributed by atoms with E-state index in [0.29, 0.717) is 10.9 Å². The Kier molecular flexibility index (Phi) is 2.32. The maximum Gasteiger partial charge on any atom is 0.339 e. The summed E-state index contributed by atoms with van der Waals surface area (Å²) in [5, 5.41) is 12.5. The molecule has 0 radical (unpaired) electrons. The molecule has 0 aliphatic rings. The van der Waals surface area contributed by atoms with E-state index in [2.05, 4.69) is 14.9 Å². The second kappa shape index (κ2) is 3.65. The molecular formula is C10H8N2O4. The normalized spacial score (nSPS) is 10.3. The molecule has 0 fully saturated rings. The van der Waals surface area contributed by atoms with Crippen molar-refractivity contribution in [3.63, 3.8) is 0 Å². The Morgan fingerprint density at radius 3 is 2.88 bits per heavy atom. The van der Waals surface area contributed by atoms with Crippen molar-refractivity contribution in [2.24, 2.45) is 5.18 Å². The minimum atomic E-state index is -0.552. The molecule has 2 N–H and O–H groups in total. The van der Waals surface area contributed by atoms with Gasteiger partial charge in [0.15, 0.2) is 5.69 Å². The van der Waals surface area contributed by atoms with Gasteiger partial charge in [0.1, 0.15) is 0 Å². The first kappa shape index (κ1) is 10.2. The molecule has 2 aromatic rings. The molecule has 0 saturated carbocycles. The van der Waals surface area contributed by atoms with Gasteiger partial charge in [0.2, 0.25) is 5.88 Å². The number of carbonyl (C=O) groups excluding carboxylic acids is 1. The zero-order chi connectivity index (χ0) is 11.7. The van der Waals surface area contributed by atoms with Crippen LogP contribution in [-0.2, 0) is 4.74 Å². The second-order valence-electron chi connectivity index (χ2n) is 3.13. The molecule has 6 nitrogen and oxygen atoms in total. The van der Waals surface area contributed by atoms with Gasteiger partial charge in [-0.1, -0.05) is 12.1 Å². The number of ether oxygens (including phenoxy) is 1. The van der Waals surface area contributed by atoms with Crippen molar-refractivity contribution in [2.75, 3.05) is 7.11 Å². The standard InChI is InChI=1S/C10H8N2O4/c1-16-10(14)6-4-2-3-5-7(6)11-9(13)8(5)12-15/h2-4,11,13H,1H3. The lowest BCUT2D eigenvalue weighted by Gasteiger charge is -1.99. The Labute approximate surface area is 89.8 Å². The quantitative estimate of drug-likeness (QED) is 0.598. The van der Waals surface area contributed by atoms with Crippen LogP contribution >= 0.6 is 0 Å². The Hall–Kier alpha value is -2.37. The summed E-state index contributed by atoms with van der Waals surface area (Å²) in [6, 6.07) is 4.68. The van der Waals surface area contributed by atoms with Gasteiger partial charge in [-0.2, -0.15) is 0 Å². The fraction of sp³-hybridized carbons (Fsp3) is 0.100. The number of para-hydroxylation sites is 1. The summed E-state index contributed by atoms with van der Waals surface area (Å²) in [5.74, 6) is -0.911. The molecule has 1 heterocycles. The zero-order valence-corrected chi connectivity index (χ0v) is 8.35. The first-order valence-electron chi connectivity index (χ1n) is 4.44. The van der Waals surface area contributed by atoms with Crippen molar-refractivity contribution < 1.29 is 14.6 Å². The van der Waals surface area contributed by atoms with Gasteiger partial charge < -0.3 is 14.8 Å². The topological polar surface area (TPSA) is 91.8 Å². The number of hydrogen-bond donors (Lipinski definition) is 2. The lowest BCUT2D eigenvalue weighted by molar-refractivity contribution is 0.0603. The molecule has 1 aromatic heterocycles. The molecule has 16 heavy (non-hydrogen) atoms. The number of carbonyl (C=O) groups is 1. The summed E-state index contributed by atoms with van der Waals surface area (Å²) in [7, 11) is 1.25. The van der Waals surface area contributed by atoms with Gasteiger partial charge in [-0.15, -0.1) is 4.91 Å². The molecular weight excluding hydrogens is 212 g/mol. The van der Waals surface area contributed by atoms with Crippen LogP contribution in [-0.4, -0.2) is 23.2 Å². The first-order valence-corrected chi connectivity index (χ1v) is 4.44. The number of hydrogen-bond acceptors (Lipinski definition) is 5. The molecule has 0 aliphatic carbocycles. The maximum absolute atomic E-state index is 11.4. The number of methoxy groups -OCH3 is 1. The number of aromatic hydroxyl groups is 1. The van der Waals surface area contributed by atoms with Crippen LogP contribution in [0.2, 0.25) is 0 Å². The third kappa shape index (κ3) is 1.31. The summed E-state index contributed by atoms with van der Waals surface area (Å²) < 4.78 is 4.58. The zero-order valence-electron chi connectivity index (χ0n) is 8.35. The van der Waals surface area contributed by atoms with Gasteiger partial charge in [0.25, 0.3) is 0 Å². The van der Waals surface area contributed by atoms with E-state index in [1.54, 1.807) is 12.1 Å². The Morgan fingerprint density at radius 1 is 1.50 bits per heavy atom. The predicted octanol–water partition coefficient (Wildman–Crippen LogP) is 2.06. The molecule has 0 bridgehead atoms. The highest BCUT2D eigenvalue weighted by Gasteiger charge is 2.17. The molecule has 0 spiro atoms. The third-order valence-electron chi connectivity index (χ3n) is 2.28. The van der Waals surface area contributed by atoms with Crippen molar-refractivity contribution in [3.8, 4) is 5.88 Å². The highest BCUT2D eigenvalue weighted by molar-refractivity contribution is 6.07. The SMILES string of the molecule is COC(=O)c1cccc2c(N=O)c(O)[nH]c12. The molecule has 2 rings (SSSR count). The molecule has 6 heteroatoms. The molecule has 0 amide bonds. The lowest BCUT2D eigenvalue weighted by atomic mass is 10.1. The van der Waals surface area contributed by atoms with Crippen LogP contribution in [0, 0.1) is 4.91 Å². The number of nitrogens with zero attached hydrogens (tertiary/aromatic N) is 1. The van der Waals surface area contributed by atoms with E-state index in [-0.39, 0.29) is 17.1 Å². The number of H-pyrrole nitrogens is 1. The smallest absolute Gasteiger partial charge is 0.339 e. The van der Waals surface area contributed by atoms with E-state index in [4.69, 9.17) is 0 Å². The summed E-state index contributed by atoms with van der Waals surface area (Å²) in [4.78, 5) is 24.4. The van der Waals surface area contributed by atoms with Crippen LogP contribution in [0.25, 0.3) is 10.9 Å². The van der Waals surface area contributed by atoms with Gasteiger partial charge in [-0.05, 0) is 11.2 Å². The summed E-state index contributed by atoms with van der Waals surface area (Å²) in [6.07, 6.45) is 0. The molecule has 0 unspecified atom stereocenters. The lowest BCUT2D eigenvalue weighted by Crippen LogP contribution is -2.01. The Bertz CT molecular complexity index is 573. The van der Waals surface area contributed by atoms with Crippen molar-refractivity contribution >= 4 is 22.6 Å². The van der Waals surface area contributed by atoms with E-state index in [9.17, 15) is 14.8 Å². The molecule has 1 aromatic carbocycles. The number of esters is 1. The van der Waals surface area contributed by atoms with E-state index in [1.165, 1.54) is 13.2 Å². The number of aromatic amines is 1. The van der Waals surface area contributed by atoms with Crippen molar-refractivity contribution in [2.45, 2.75) is 0 Å². The van der Waals surface area contributed by atoms with Gasteiger partial charge in [0, 0.05) is 5.39 Å². The average Bonchev–Trinajstić information content (AvgIpc) is 2.63. The summed E-state index contributed by atoms with van der Waals surface area (Å²) in [5.41, 5.74) is 0.465. The van der Waals surface area contributed by atoms with E-state index in [1.807, 2.05) is 0 Å². The number of nitrogens with one attached hydrogen (secondary N) is 1. The molecule has 0 saturated heterocycles. The van der Waals surface area contributed by atoms with Gasteiger partial charge >= 0.3 is 5.97 Å². The van der Waals surface area contributed by atoms with Gasteiger partial charge in [0.05, 0.1) is 18.2 Å². The predicted molar refractivity (Wildman–Crippen MR) is 56.8 cm³/mol. The van der Waals surface area contributed by atoms with Gasteiger partial charge in [-0.3, -0.25) is 0 Å². The van der Waals surface area contributed by atoms with Crippen molar-refractivity contribution in [1.29, 1.82) is 0 Å². The number of fused-ring (bicyclic) bond motifs is 1. The van der Waals surface area contributed by atoms with Crippen LogP contribution in [0.15, 0.2) is 23.4 Å². The van der Waals surface area contributed by atoms with Gasteiger partial charge in [-0.25, -0.2) is 4.79 Å². The Morgan fingerprint density at radius 2 is 2.25 bits per heavy atom. The monoisotopic (exact) mass is 220 g/mol. The van der Waals surface area contributed by atoms with E-state index < -0.39 is 5.97 Å². The third-order valence-corrected chi connectivity index (χ3v) is 2.28. The van der Waals surface area contributed by atoms with Crippen LogP contribution < -0.4 is 0 Å². The maximum atomic E-state index is 11.4. The number of aromatic nitrogens is 1. The number of benzene rings is 1. The largest absolute Gasteiger partial charge is 0.493 e. The molecule has 82 valence electrons. The van der Waals surface area contributed by atoms with E-state index in [0.717, 1.165) is 0 Å². The fourth-order valence-electron chi connectivity index (χ4n) is 1.56. The minimum absolute atomic E-state index is 0.110. The van der Waals surface area contributed by atoms with Crippen LogP contribution in [0.3, 0.4) is 0 Å². The summed E-state index contributed by atoms with van der Waals surface area (Å²) >= 11 is 0. The first-order chi connectivity index (χ1) is 7.69. The summed E-state index contributed by atoms with van der Waals surface area (Å²) in [6.45, 7) is 0. The van der Waals surface area contributed by atoms with E-state index >= 15 is 0 Å². The number of rotatable bonds is 2. The van der Waals surface area contributed by atoms with Crippen LogP contribution in [0.5, 0.6) is 5.88 Å². The fourth-order valence-corrected chi connectivity index (χ4v) is 1.56. The Balaban J connectivity index is 2.79. The highest BCUT2D eigenvalue weighted by atomic mass is 16.5. The minimum Gasteiger partial charge on any atom is -0.493 e. The second-order valence-corrected chi connectivity index (χ2v) is 3.13. The molecule has 0 aliphatic heterocycles. The average molecular weight is 220 g/mol. The van der Waals surface area contributed by atoms with Crippen molar-refractivity contribution in [3.05, 3.63) is 28.7 Å². The van der Waals surface area contributed by atoms with Crippen LogP contribution in [0.4, 0.5) is 5.69 Å².